The molecule has 1 N–H and O–H groups in total. The van der Waals surface area contributed by atoms with Crippen LogP contribution in [0.15, 0.2) is 0 Å². The summed E-state index contributed by atoms with van der Waals surface area (Å²) in [6, 6.07) is 0.819. The minimum Gasteiger partial charge on any atom is -0.313 e. The van der Waals surface area contributed by atoms with Crippen LogP contribution < -0.4 is 5.32 Å². The van der Waals surface area contributed by atoms with Crippen LogP contribution >= 0.6 is 11.8 Å². The van der Waals surface area contributed by atoms with E-state index in [2.05, 4.69) is 28.9 Å². The highest BCUT2D eigenvalue weighted by atomic mass is 32.2. The normalized spacial score (nSPS) is 29.8. The largest absolute Gasteiger partial charge is 0.313 e. The van der Waals surface area contributed by atoms with Gasteiger partial charge in [0.15, 0.2) is 0 Å². The van der Waals surface area contributed by atoms with Gasteiger partial charge in [-0.15, -0.1) is 0 Å². The Morgan fingerprint density at radius 2 is 2.07 bits per heavy atom. The monoisotopic (exact) mass is 228 g/mol. The third-order valence-electron chi connectivity index (χ3n) is 3.78. The van der Waals surface area contributed by atoms with E-state index < -0.39 is 0 Å². The van der Waals surface area contributed by atoms with Gasteiger partial charge in [0, 0.05) is 11.8 Å². The van der Waals surface area contributed by atoms with Gasteiger partial charge in [0.2, 0.25) is 0 Å². The van der Waals surface area contributed by atoms with Gasteiger partial charge in [0.05, 0.1) is 0 Å². The molecule has 88 valence electrons. The summed E-state index contributed by atoms with van der Waals surface area (Å²) in [4.78, 5) is 2.57. The molecule has 1 unspecified atom stereocenters. The molecule has 0 amide bonds. The Bertz CT molecular complexity index is 172. The van der Waals surface area contributed by atoms with Crippen molar-refractivity contribution in [3.8, 4) is 0 Å². The van der Waals surface area contributed by atoms with Gasteiger partial charge in [-0.3, -0.25) is 0 Å². The molecule has 2 aliphatic heterocycles. The van der Waals surface area contributed by atoms with Crippen molar-refractivity contribution in [1.82, 2.24) is 10.2 Å². The third kappa shape index (κ3) is 3.65. The van der Waals surface area contributed by atoms with E-state index in [0.717, 1.165) is 12.0 Å². The zero-order valence-corrected chi connectivity index (χ0v) is 10.7. The molecule has 2 heterocycles. The highest BCUT2D eigenvalue weighted by Gasteiger charge is 2.20. The molecule has 0 aliphatic carbocycles. The van der Waals surface area contributed by atoms with Crippen LogP contribution in [0.2, 0.25) is 0 Å². The number of thioether (sulfide) groups is 1. The van der Waals surface area contributed by atoms with Gasteiger partial charge in [0.25, 0.3) is 0 Å². The second-order valence-electron chi connectivity index (χ2n) is 4.85. The lowest BCUT2D eigenvalue weighted by Gasteiger charge is -2.31. The van der Waals surface area contributed by atoms with Crippen LogP contribution in [0.3, 0.4) is 0 Å². The molecule has 0 saturated carbocycles. The molecule has 0 bridgehead atoms. The van der Waals surface area contributed by atoms with Crippen molar-refractivity contribution >= 4 is 11.8 Å². The SMILES string of the molecule is CCN1CCC(CNC2CCSC2)CC1. The fraction of sp³-hybridized carbons (Fsp3) is 1.00. The van der Waals surface area contributed by atoms with Gasteiger partial charge in [-0.25, -0.2) is 0 Å². The molecule has 0 aromatic rings. The van der Waals surface area contributed by atoms with Crippen molar-refractivity contribution in [3.05, 3.63) is 0 Å². The molecule has 2 rings (SSSR count). The van der Waals surface area contributed by atoms with Crippen molar-refractivity contribution in [2.24, 2.45) is 5.92 Å². The predicted molar refractivity (Wildman–Crippen MR) is 68.6 cm³/mol. The summed E-state index contributed by atoms with van der Waals surface area (Å²) in [6.45, 7) is 7.42. The van der Waals surface area contributed by atoms with E-state index in [1.54, 1.807) is 0 Å². The maximum atomic E-state index is 3.74. The van der Waals surface area contributed by atoms with Crippen LogP contribution in [0.4, 0.5) is 0 Å². The zero-order chi connectivity index (χ0) is 10.5. The molecule has 0 spiro atoms. The molecule has 2 fully saturated rings. The summed E-state index contributed by atoms with van der Waals surface area (Å²) < 4.78 is 0. The van der Waals surface area contributed by atoms with Crippen molar-refractivity contribution in [3.63, 3.8) is 0 Å². The Morgan fingerprint density at radius 3 is 2.67 bits per heavy atom. The number of hydrogen-bond donors (Lipinski definition) is 1. The van der Waals surface area contributed by atoms with Crippen molar-refractivity contribution < 1.29 is 0 Å². The van der Waals surface area contributed by atoms with Crippen LogP contribution in [0.1, 0.15) is 26.2 Å². The molecular weight excluding hydrogens is 204 g/mol. The summed E-state index contributed by atoms with van der Waals surface area (Å²) in [5, 5.41) is 3.74. The van der Waals surface area contributed by atoms with E-state index in [9.17, 15) is 0 Å². The summed E-state index contributed by atoms with van der Waals surface area (Å²) in [7, 11) is 0. The Balaban J connectivity index is 1.59. The lowest BCUT2D eigenvalue weighted by molar-refractivity contribution is 0.188. The fourth-order valence-corrected chi connectivity index (χ4v) is 3.72. The summed E-state index contributed by atoms with van der Waals surface area (Å²) in [6.07, 6.45) is 4.19. The molecule has 2 saturated heterocycles. The van der Waals surface area contributed by atoms with E-state index in [-0.39, 0.29) is 0 Å². The average Bonchev–Trinajstić information content (AvgIpc) is 2.80. The number of nitrogens with zero attached hydrogens (tertiary/aromatic N) is 1. The Morgan fingerprint density at radius 1 is 1.27 bits per heavy atom. The summed E-state index contributed by atoms with van der Waals surface area (Å²) in [5.41, 5.74) is 0. The Kier molecular flexibility index (Phi) is 4.79. The zero-order valence-electron chi connectivity index (χ0n) is 9.87. The van der Waals surface area contributed by atoms with Crippen LogP contribution in [0.5, 0.6) is 0 Å². The van der Waals surface area contributed by atoms with Gasteiger partial charge in [-0.2, -0.15) is 11.8 Å². The van der Waals surface area contributed by atoms with Crippen molar-refractivity contribution in [2.75, 3.05) is 37.7 Å². The number of piperidine rings is 1. The maximum Gasteiger partial charge on any atom is 0.0166 e. The first kappa shape index (κ1) is 11.7. The van der Waals surface area contributed by atoms with Gasteiger partial charge < -0.3 is 10.2 Å². The number of nitrogens with one attached hydrogen (secondary N) is 1. The average molecular weight is 228 g/mol. The Labute approximate surface area is 98.2 Å². The quantitative estimate of drug-likeness (QED) is 0.790. The smallest absolute Gasteiger partial charge is 0.0166 e. The molecule has 2 nitrogen and oxygen atoms in total. The lowest BCUT2D eigenvalue weighted by Crippen LogP contribution is -2.39. The van der Waals surface area contributed by atoms with E-state index in [4.69, 9.17) is 0 Å². The summed E-state index contributed by atoms with van der Waals surface area (Å²) in [5.74, 6) is 3.65. The first-order valence-corrected chi connectivity index (χ1v) is 7.57. The number of likely N-dealkylation sites (tertiary alicyclic amines) is 1. The second kappa shape index (κ2) is 6.12. The molecule has 3 heteroatoms. The molecule has 15 heavy (non-hydrogen) atoms. The molecule has 0 radical (unpaired) electrons. The van der Waals surface area contributed by atoms with E-state index in [1.807, 2.05) is 0 Å². The fourth-order valence-electron chi connectivity index (χ4n) is 2.54. The predicted octanol–water partition coefficient (Wildman–Crippen LogP) is 1.81. The van der Waals surface area contributed by atoms with Crippen LogP contribution in [-0.4, -0.2) is 48.6 Å². The third-order valence-corrected chi connectivity index (χ3v) is 4.94. The topological polar surface area (TPSA) is 15.3 Å². The van der Waals surface area contributed by atoms with Gasteiger partial charge in [-0.1, -0.05) is 6.92 Å². The van der Waals surface area contributed by atoms with E-state index >= 15 is 0 Å². The first-order chi connectivity index (χ1) is 7.38. The van der Waals surface area contributed by atoms with Crippen LogP contribution in [-0.2, 0) is 0 Å². The molecular formula is C12H24N2S. The van der Waals surface area contributed by atoms with Gasteiger partial charge >= 0.3 is 0 Å². The highest BCUT2D eigenvalue weighted by molar-refractivity contribution is 7.99. The van der Waals surface area contributed by atoms with Gasteiger partial charge in [0.1, 0.15) is 0 Å². The maximum absolute atomic E-state index is 3.74. The molecule has 2 aliphatic rings. The minimum atomic E-state index is 0.819. The Hall–Kier alpha value is 0.270. The van der Waals surface area contributed by atoms with Gasteiger partial charge in [-0.05, 0) is 57.1 Å². The van der Waals surface area contributed by atoms with E-state index in [1.165, 1.54) is 56.9 Å². The van der Waals surface area contributed by atoms with Crippen molar-refractivity contribution in [2.45, 2.75) is 32.2 Å². The first-order valence-electron chi connectivity index (χ1n) is 6.42. The molecule has 0 aromatic heterocycles. The highest BCUT2D eigenvalue weighted by Crippen LogP contribution is 2.19. The van der Waals surface area contributed by atoms with E-state index in [0.29, 0.717) is 0 Å². The van der Waals surface area contributed by atoms with Crippen molar-refractivity contribution in [1.29, 1.82) is 0 Å². The summed E-state index contributed by atoms with van der Waals surface area (Å²) >= 11 is 2.10. The standard InChI is InChI=1S/C12H24N2S/c1-2-14-6-3-11(4-7-14)9-13-12-5-8-15-10-12/h11-13H,2-10H2,1H3. The second-order valence-corrected chi connectivity index (χ2v) is 6.00. The number of rotatable bonds is 4. The minimum absolute atomic E-state index is 0.819. The lowest BCUT2D eigenvalue weighted by atomic mass is 9.96. The molecule has 1 atom stereocenters. The molecule has 0 aromatic carbocycles. The van der Waals surface area contributed by atoms with Crippen LogP contribution in [0.25, 0.3) is 0 Å². The number of hydrogen-bond acceptors (Lipinski definition) is 3. The van der Waals surface area contributed by atoms with Crippen LogP contribution in [0, 0.1) is 5.92 Å².